The average Bonchev–Trinajstić information content (AvgIpc) is 3.10. The zero-order chi connectivity index (χ0) is 20.3. The number of amides is 1. The molecule has 2 aromatic heterocycles. The molecule has 0 saturated heterocycles. The Morgan fingerprint density at radius 1 is 1.29 bits per heavy atom. The van der Waals surface area contributed by atoms with Crippen LogP contribution in [0.25, 0.3) is 4.96 Å². The smallest absolute Gasteiger partial charge is 0.325 e. The molecule has 0 aliphatic carbocycles. The summed E-state index contributed by atoms with van der Waals surface area (Å²) in [5.74, 6) is -0.884. The predicted octanol–water partition coefficient (Wildman–Crippen LogP) is 2.40. The minimum absolute atomic E-state index is 0.170. The third-order valence-corrected chi connectivity index (χ3v) is 5.15. The molecular weight excluding hydrogens is 404 g/mol. The summed E-state index contributed by atoms with van der Waals surface area (Å²) < 4.78 is 6.32. The van der Waals surface area contributed by atoms with Crippen molar-refractivity contribution in [3.8, 4) is 0 Å². The fraction of sp³-hybridized carbons (Fsp3) is 0.278. The Morgan fingerprint density at radius 2 is 2.00 bits per heavy atom. The Hall–Kier alpha value is -2.78. The molecule has 0 bridgehead atoms. The third kappa shape index (κ3) is 4.73. The molecule has 28 heavy (non-hydrogen) atoms. The summed E-state index contributed by atoms with van der Waals surface area (Å²) in [6.07, 6.45) is 0. The van der Waals surface area contributed by atoms with Crippen LogP contribution in [0.3, 0.4) is 0 Å². The highest BCUT2D eigenvalue weighted by Gasteiger charge is 2.13. The summed E-state index contributed by atoms with van der Waals surface area (Å²) in [5, 5.41) is 8.00. The summed E-state index contributed by atoms with van der Waals surface area (Å²) in [6.45, 7) is 3.48. The molecule has 0 fully saturated rings. The number of carbonyl (C=O) groups is 2. The van der Waals surface area contributed by atoms with Gasteiger partial charge in [0, 0.05) is 22.6 Å². The second kappa shape index (κ2) is 8.49. The molecule has 0 unspecified atom stereocenters. The molecule has 8 nitrogen and oxygen atoms in total. The Bertz CT molecular complexity index is 1080. The van der Waals surface area contributed by atoms with Crippen LogP contribution in [0, 0.1) is 0 Å². The van der Waals surface area contributed by atoms with Crippen LogP contribution in [0.2, 0.25) is 5.02 Å². The fourth-order valence-electron chi connectivity index (χ4n) is 2.24. The van der Waals surface area contributed by atoms with Crippen molar-refractivity contribution >= 4 is 39.8 Å². The van der Waals surface area contributed by atoms with Gasteiger partial charge in [0.25, 0.3) is 11.5 Å². The first-order chi connectivity index (χ1) is 13.3. The minimum atomic E-state index is -0.642. The number of carbonyl (C=O) groups excluding carboxylic acids is 2. The van der Waals surface area contributed by atoms with E-state index in [1.54, 1.807) is 24.3 Å². The number of aromatic nitrogens is 3. The van der Waals surface area contributed by atoms with E-state index >= 15 is 0 Å². The molecule has 0 aliphatic heterocycles. The van der Waals surface area contributed by atoms with Crippen molar-refractivity contribution in [1.82, 2.24) is 19.9 Å². The van der Waals surface area contributed by atoms with Gasteiger partial charge >= 0.3 is 5.97 Å². The number of fused-ring (bicyclic) bond motifs is 1. The zero-order valence-corrected chi connectivity index (χ0v) is 16.7. The Kier molecular flexibility index (Phi) is 6.05. The van der Waals surface area contributed by atoms with Gasteiger partial charge in [-0.05, 0) is 24.3 Å². The van der Waals surface area contributed by atoms with Gasteiger partial charge < -0.3 is 10.1 Å². The average molecular weight is 421 g/mol. The molecular formula is C18H17ClN4O4S. The first-order valence-electron chi connectivity index (χ1n) is 8.42. The van der Waals surface area contributed by atoms with E-state index in [-0.39, 0.29) is 24.6 Å². The van der Waals surface area contributed by atoms with E-state index in [0.29, 0.717) is 21.2 Å². The lowest BCUT2D eigenvalue weighted by Gasteiger charge is -2.06. The summed E-state index contributed by atoms with van der Waals surface area (Å²) in [4.78, 5) is 40.7. The van der Waals surface area contributed by atoms with Crippen molar-refractivity contribution in [3.05, 3.63) is 62.0 Å². The van der Waals surface area contributed by atoms with Gasteiger partial charge in [-0.1, -0.05) is 36.8 Å². The zero-order valence-electron chi connectivity index (χ0n) is 15.1. The fourth-order valence-corrected chi connectivity index (χ4v) is 3.29. The first-order valence-corrected chi connectivity index (χ1v) is 9.62. The van der Waals surface area contributed by atoms with Gasteiger partial charge in [0.05, 0.1) is 5.69 Å². The number of benzene rings is 1. The standard InChI is InChI=1S/C18H17ClN4O4S/c1-10(2)17-22-23-14(24)7-13(21-18(23)28-17)9-27-15(25)8-20-16(26)11-3-5-12(19)6-4-11/h3-7,10H,8-9H2,1-2H3,(H,20,26). The lowest BCUT2D eigenvalue weighted by Crippen LogP contribution is -2.30. The molecule has 10 heteroatoms. The summed E-state index contributed by atoms with van der Waals surface area (Å²) in [6, 6.07) is 7.54. The molecule has 1 amide bonds. The lowest BCUT2D eigenvalue weighted by atomic mass is 10.2. The van der Waals surface area contributed by atoms with Crippen LogP contribution in [0.4, 0.5) is 0 Å². The number of hydrogen-bond donors (Lipinski definition) is 1. The van der Waals surface area contributed by atoms with Crippen molar-refractivity contribution < 1.29 is 14.3 Å². The molecule has 2 heterocycles. The number of ether oxygens (including phenoxy) is 1. The van der Waals surface area contributed by atoms with Crippen LogP contribution in [0.15, 0.2) is 35.1 Å². The van der Waals surface area contributed by atoms with E-state index in [1.165, 1.54) is 21.9 Å². The maximum atomic E-state index is 12.1. The van der Waals surface area contributed by atoms with Crippen LogP contribution < -0.4 is 10.9 Å². The maximum absolute atomic E-state index is 12.1. The van der Waals surface area contributed by atoms with Crippen LogP contribution in [0.5, 0.6) is 0 Å². The van der Waals surface area contributed by atoms with Gasteiger partial charge in [-0.3, -0.25) is 14.4 Å². The van der Waals surface area contributed by atoms with Gasteiger partial charge in [-0.2, -0.15) is 9.61 Å². The van der Waals surface area contributed by atoms with Crippen molar-refractivity contribution in [2.45, 2.75) is 26.4 Å². The molecule has 146 valence electrons. The quantitative estimate of drug-likeness (QED) is 0.614. The summed E-state index contributed by atoms with van der Waals surface area (Å²) in [7, 11) is 0. The highest BCUT2D eigenvalue weighted by atomic mass is 35.5. The van der Waals surface area contributed by atoms with Gasteiger partial charge in [0.2, 0.25) is 4.96 Å². The third-order valence-electron chi connectivity index (χ3n) is 3.69. The largest absolute Gasteiger partial charge is 0.458 e. The molecule has 0 spiro atoms. The van der Waals surface area contributed by atoms with E-state index in [1.807, 2.05) is 13.8 Å². The maximum Gasteiger partial charge on any atom is 0.325 e. The van der Waals surface area contributed by atoms with Crippen molar-refractivity contribution in [1.29, 1.82) is 0 Å². The molecule has 3 aromatic rings. The Balaban J connectivity index is 1.57. The molecule has 0 radical (unpaired) electrons. The second-order valence-corrected chi connectivity index (χ2v) is 7.65. The van der Waals surface area contributed by atoms with Crippen LogP contribution >= 0.6 is 22.9 Å². The van der Waals surface area contributed by atoms with Gasteiger partial charge in [-0.25, -0.2) is 4.98 Å². The van der Waals surface area contributed by atoms with E-state index in [9.17, 15) is 14.4 Å². The summed E-state index contributed by atoms with van der Waals surface area (Å²) in [5.41, 5.74) is 0.361. The number of nitrogens with one attached hydrogen (secondary N) is 1. The number of esters is 1. The number of halogens is 1. The molecule has 1 aromatic carbocycles. The van der Waals surface area contributed by atoms with E-state index in [4.69, 9.17) is 16.3 Å². The van der Waals surface area contributed by atoms with Crippen LogP contribution in [-0.4, -0.2) is 33.0 Å². The van der Waals surface area contributed by atoms with Crippen molar-refractivity contribution in [2.75, 3.05) is 6.54 Å². The highest BCUT2D eigenvalue weighted by Crippen LogP contribution is 2.19. The van der Waals surface area contributed by atoms with Crippen molar-refractivity contribution in [3.63, 3.8) is 0 Å². The topological polar surface area (TPSA) is 103 Å². The van der Waals surface area contributed by atoms with E-state index in [2.05, 4.69) is 15.4 Å². The van der Waals surface area contributed by atoms with Gasteiger partial charge in [0.1, 0.15) is 18.2 Å². The van der Waals surface area contributed by atoms with E-state index in [0.717, 1.165) is 5.01 Å². The number of nitrogens with zero attached hydrogens (tertiary/aromatic N) is 3. The molecule has 0 aliphatic rings. The van der Waals surface area contributed by atoms with Gasteiger partial charge in [0.15, 0.2) is 0 Å². The Morgan fingerprint density at radius 3 is 2.68 bits per heavy atom. The molecule has 3 rings (SSSR count). The monoisotopic (exact) mass is 420 g/mol. The predicted molar refractivity (Wildman–Crippen MR) is 105 cm³/mol. The second-order valence-electron chi connectivity index (χ2n) is 6.23. The number of rotatable bonds is 6. The SMILES string of the molecule is CC(C)c1nn2c(=O)cc(COC(=O)CNC(=O)c3ccc(Cl)cc3)nc2s1. The molecule has 0 saturated carbocycles. The summed E-state index contributed by atoms with van der Waals surface area (Å²) >= 11 is 7.08. The number of hydrogen-bond acceptors (Lipinski definition) is 7. The van der Waals surface area contributed by atoms with Crippen molar-refractivity contribution in [2.24, 2.45) is 0 Å². The molecule has 0 atom stereocenters. The van der Waals surface area contributed by atoms with E-state index < -0.39 is 11.9 Å². The van der Waals surface area contributed by atoms with Gasteiger partial charge in [-0.15, -0.1) is 0 Å². The normalized spacial score (nSPS) is 11.0. The van der Waals surface area contributed by atoms with Crippen LogP contribution in [-0.2, 0) is 16.1 Å². The first kappa shape index (κ1) is 20.0. The Labute approximate surface area is 169 Å². The minimum Gasteiger partial charge on any atom is -0.458 e. The molecule has 1 N–H and O–H groups in total. The lowest BCUT2D eigenvalue weighted by molar-refractivity contribution is -0.143. The highest BCUT2D eigenvalue weighted by molar-refractivity contribution is 7.16. The van der Waals surface area contributed by atoms with Crippen LogP contribution in [0.1, 0.15) is 40.8 Å².